The summed E-state index contributed by atoms with van der Waals surface area (Å²) >= 11 is 3.38. The second-order valence-electron chi connectivity index (χ2n) is 3.66. The molecule has 1 aliphatic rings. The van der Waals surface area contributed by atoms with Gasteiger partial charge in [-0.2, -0.15) is 0 Å². The van der Waals surface area contributed by atoms with Gasteiger partial charge in [-0.3, -0.25) is 0 Å². The molecule has 2 nitrogen and oxygen atoms in total. The van der Waals surface area contributed by atoms with Crippen LogP contribution in [0.1, 0.15) is 30.5 Å². The zero-order valence-electron chi connectivity index (χ0n) is 8.18. The van der Waals surface area contributed by atoms with Crippen molar-refractivity contribution in [3.05, 3.63) is 27.7 Å². The van der Waals surface area contributed by atoms with Crippen molar-refractivity contribution in [1.29, 1.82) is 0 Å². The van der Waals surface area contributed by atoms with E-state index < -0.39 is 0 Å². The predicted molar refractivity (Wildman–Crippen MR) is 60.5 cm³/mol. The molecule has 1 fully saturated rings. The van der Waals surface area contributed by atoms with Crippen LogP contribution in [0.2, 0.25) is 0 Å². The highest BCUT2D eigenvalue weighted by Gasteiger charge is 2.22. The summed E-state index contributed by atoms with van der Waals surface area (Å²) < 4.78 is 0.806. The molecule has 1 saturated heterocycles. The smallest absolute Gasteiger partial charge is 0.134 e. The minimum Gasteiger partial charge on any atom is -0.506 e. The molecule has 1 aliphatic heterocycles. The molecule has 0 unspecified atom stereocenters. The van der Waals surface area contributed by atoms with Crippen LogP contribution in [-0.4, -0.2) is 11.7 Å². The zero-order valence-corrected chi connectivity index (χ0v) is 9.76. The average Bonchev–Trinajstić information content (AvgIpc) is 2.09. The summed E-state index contributed by atoms with van der Waals surface area (Å²) in [6.45, 7) is 3.18. The Morgan fingerprint density at radius 1 is 1.57 bits per heavy atom. The van der Waals surface area contributed by atoms with Crippen molar-refractivity contribution in [2.45, 2.75) is 25.8 Å². The molecular weight excluding hydrogens is 242 g/mol. The van der Waals surface area contributed by atoms with Gasteiger partial charge in [-0.1, -0.05) is 13.0 Å². The van der Waals surface area contributed by atoms with Crippen LogP contribution in [0.25, 0.3) is 0 Å². The number of hydrogen-bond donors (Lipinski definition) is 2. The van der Waals surface area contributed by atoms with Crippen LogP contribution in [-0.2, 0) is 6.42 Å². The molecule has 1 aromatic carbocycles. The van der Waals surface area contributed by atoms with Crippen LogP contribution in [0, 0.1) is 0 Å². The molecule has 0 spiro atoms. The third-order valence-electron chi connectivity index (χ3n) is 2.76. The largest absolute Gasteiger partial charge is 0.506 e. The van der Waals surface area contributed by atoms with E-state index in [0.717, 1.165) is 29.4 Å². The minimum atomic E-state index is 0.345. The van der Waals surface area contributed by atoms with E-state index in [-0.39, 0.29) is 0 Å². The number of halogens is 1. The first-order chi connectivity index (χ1) is 6.72. The highest BCUT2D eigenvalue weighted by molar-refractivity contribution is 9.10. The van der Waals surface area contributed by atoms with Gasteiger partial charge in [0.05, 0.1) is 4.47 Å². The quantitative estimate of drug-likeness (QED) is 0.852. The van der Waals surface area contributed by atoms with Crippen molar-refractivity contribution in [2.24, 2.45) is 0 Å². The SMILES string of the molecule is CCc1cc(Br)c(O)c([C@@H]2CCN2)c1. The Morgan fingerprint density at radius 3 is 2.79 bits per heavy atom. The standard InChI is InChI=1S/C11H14BrNO/c1-2-7-5-8(10-3-4-13-10)11(14)9(12)6-7/h5-6,10,13-14H,2-4H2,1H3/t10-/m0/s1. The van der Waals surface area contributed by atoms with E-state index in [1.165, 1.54) is 5.56 Å². The highest BCUT2D eigenvalue weighted by atomic mass is 79.9. The molecule has 3 heteroatoms. The Morgan fingerprint density at radius 2 is 2.29 bits per heavy atom. The fraction of sp³-hybridized carbons (Fsp3) is 0.455. The molecule has 1 heterocycles. The maximum atomic E-state index is 9.87. The second-order valence-corrected chi connectivity index (χ2v) is 4.52. The van der Waals surface area contributed by atoms with E-state index in [1.54, 1.807) is 0 Å². The Labute approximate surface area is 92.5 Å². The van der Waals surface area contributed by atoms with Crippen LogP contribution in [0.15, 0.2) is 16.6 Å². The first kappa shape index (κ1) is 9.99. The van der Waals surface area contributed by atoms with Gasteiger partial charge in [-0.05, 0) is 46.9 Å². The summed E-state index contributed by atoms with van der Waals surface area (Å²) in [4.78, 5) is 0. The Kier molecular flexibility index (Phi) is 2.79. The molecule has 0 saturated carbocycles. The van der Waals surface area contributed by atoms with Crippen molar-refractivity contribution < 1.29 is 5.11 Å². The molecular formula is C11H14BrNO. The summed E-state index contributed by atoms with van der Waals surface area (Å²) in [7, 11) is 0. The topological polar surface area (TPSA) is 32.3 Å². The molecule has 14 heavy (non-hydrogen) atoms. The first-order valence-corrected chi connectivity index (χ1v) is 5.76. The number of rotatable bonds is 2. The van der Waals surface area contributed by atoms with Crippen molar-refractivity contribution in [1.82, 2.24) is 5.32 Å². The van der Waals surface area contributed by atoms with Crippen LogP contribution in [0.4, 0.5) is 0 Å². The summed E-state index contributed by atoms with van der Waals surface area (Å²) in [6.07, 6.45) is 2.12. The van der Waals surface area contributed by atoms with E-state index in [9.17, 15) is 5.11 Å². The number of aryl methyl sites for hydroxylation is 1. The predicted octanol–water partition coefficient (Wildman–Crippen LogP) is 2.75. The summed E-state index contributed by atoms with van der Waals surface area (Å²) in [5.74, 6) is 0.388. The lowest BCUT2D eigenvalue weighted by molar-refractivity contribution is 0.363. The molecule has 0 aliphatic carbocycles. The molecule has 0 radical (unpaired) electrons. The van der Waals surface area contributed by atoms with Gasteiger partial charge < -0.3 is 10.4 Å². The number of phenolic OH excluding ortho intramolecular Hbond substituents is 1. The number of benzene rings is 1. The van der Waals surface area contributed by atoms with Gasteiger partial charge in [0.25, 0.3) is 0 Å². The van der Waals surface area contributed by atoms with E-state index in [0.29, 0.717) is 11.8 Å². The van der Waals surface area contributed by atoms with Crippen molar-refractivity contribution in [3.8, 4) is 5.75 Å². The highest BCUT2D eigenvalue weighted by Crippen LogP contribution is 2.36. The third-order valence-corrected chi connectivity index (χ3v) is 3.36. The van der Waals surface area contributed by atoms with E-state index in [2.05, 4.69) is 34.2 Å². The second kappa shape index (κ2) is 3.91. The van der Waals surface area contributed by atoms with Gasteiger partial charge in [0, 0.05) is 11.6 Å². The molecule has 0 bridgehead atoms. The van der Waals surface area contributed by atoms with Crippen LogP contribution < -0.4 is 5.32 Å². The van der Waals surface area contributed by atoms with Crippen molar-refractivity contribution >= 4 is 15.9 Å². The molecule has 1 aromatic rings. The molecule has 1 atom stereocenters. The fourth-order valence-corrected chi connectivity index (χ4v) is 2.23. The van der Waals surface area contributed by atoms with Gasteiger partial charge in [0.1, 0.15) is 5.75 Å². The van der Waals surface area contributed by atoms with Gasteiger partial charge >= 0.3 is 0 Å². The van der Waals surface area contributed by atoms with E-state index >= 15 is 0 Å². The van der Waals surface area contributed by atoms with E-state index in [1.807, 2.05) is 6.07 Å². The molecule has 2 N–H and O–H groups in total. The summed E-state index contributed by atoms with van der Waals surface area (Å²) in [6, 6.07) is 4.42. The number of hydrogen-bond acceptors (Lipinski definition) is 2. The normalized spacial score (nSPS) is 20.6. The van der Waals surface area contributed by atoms with Crippen LogP contribution >= 0.6 is 15.9 Å². The number of aromatic hydroxyl groups is 1. The number of phenols is 1. The van der Waals surface area contributed by atoms with Crippen LogP contribution in [0.5, 0.6) is 5.75 Å². The van der Waals surface area contributed by atoms with Crippen molar-refractivity contribution in [2.75, 3.05) is 6.54 Å². The van der Waals surface area contributed by atoms with Gasteiger partial charge in [-0.25, -0.2) is 0 Å². The Balaban J connectivity index is 2.40. The zero-order chi connectivity index (χ0) is 10.1. The monoisotopic (exact) mass is 255 g/mol. The molecule has 0 amide bonds. The molecule has 76 valence electrons. The molecule has 0 aromatic heterocycles. The lowest BCUT2D eigenvalue weighted by Crippen LogP contribution is -2.35. The Bertz CT molecular complexity index is 347. The van der Waals surface area contributed by atoms with Gasteiger partial charge in [-0.15, -0.1) is 0 Å². The summed E-state index contributed by atoms with van der Waals surface area (Å²) in [5, 5.41) is 13.2. The van der Waals surface area contributed by atoms with Gasteiger partial charge in [0.15, 0.2) is 0 Å². The maximum absolute atomic E-state index is 9.87. The lowest BCUT2D eigenvalue weighted by atomic mass is 9.95. The lowest BCUT2D eigenvalue weighted by Gasteiger charge is -2.29. The third kappa shape index (κ3) is 1.66. The summed E-state index contributed by atoms with van der Waals surface area (Å²) in [5.41, 5.74) is 2.29. The average molecular weight is 256 g/mol. The Hall–Kier alpha value is -0.540. The number of nitrogens with one attached hydrogen (secondary N) is 1. The minimum absolute atomic E-state index is 0.345. The fourth-order valence-electron chi connectivity index (χ4n) is 1.70. The first-order valence-electron chi connectivity index (χ1n) is 4.97. The maximum Gasteiger partial charge on any atom is 0.134 e. The van der Waals surface area contributed by atoms with Crippen LogP contribution in [0.3, 0.4) is 0 Å². The van der Waals surface area contributed by atoms with Gasteiger partial charge in [0.2, 0.25) is 0 Å². The van der Waals surface area contributed by atoms with Crippen molar-refractivity contribution in [3.63, 3.8) is 0 Å². The van der Waals surface area contributed by atoms with E-state index in [4.69, 9.17) is 0 Å². The molecule has 2 rings (SSSR count).